The zero-order valence-electron chi connectivity index (χ0n) is 10.7. The van der Waals surface area contributed by atoms with Gasteiger partial charge in [-0.2, -0.15) is 0 Å². The summed E-state index contributed by atoms with van der Waals surface area (Å²) in [5.41, 5.74) is 6.90. The van der Waals surface area contributed by atoms with Crippen molar-refractivity contribution >= 4 is 15.9 Å². The van der Waals surface area contributed by atoms with Gasteiger partial charge in [0.15, 0.2) is 0 Å². The molecule has 0 fully saturated rings. The third-order valence-electron chi connectivity index (χ3n) is 2.68. The Labute approximate surface area is 113 Å². The van der Waals surface area contributed by atoms with Crippen molar-refractivity contribution in [3.05, 3.63) is 34.3 Å². The molecule has 0 aromatic heterocycles. The van der Waals surface area contributed by atoms with Crippen LogP contribution in [0.3, 0.4) is 0 Å². The van der Waals surface area contributed by atoms with Gasteiger partial charge in [0.05, 0.1) is 6.10 Å². The van der Waals surface area contributed by atoms with Gasteiger partial charge in [0.25, 0.3) is 0 Å². The molecule has 0 aliphatic rings. The molecule has 0 radical (unpaired) electrons. The van der Waals surface area contributed by atoms with Crippen LogP contribution >= 0.6 is 15.9 Å². The molecule has 17 heavy (non-hydrogen) atoms. The summed E-state index contributed by atoms with van der Waals surface area (Å²) in [5, 5.41) is 0. The molecule has 0 aliphatic heterocycles. The quantitative estimate of drug-likeness (QED) is 0.775. The van der Waals surface area contributed by atoms with Crippen molar-refractivity contribution in [2.45, 2.75) is 32.8 Å². The van der Waals surface area contributed by atoms with Gasteiger partial charge in [-0.05, 0) is 36.5 Å². The highest BCUT2D eigenvalue weighted by Gasteiger charge is 2.10. The van der Waals surface area contributed by atoms with E-state index in [-0.39, 0.29) is 6.10 Å². The Morgan fingerprint density at radius 2 is 2.12 bits per heavy atom. The summed E-state index contributed by atoms with van der Waals surface area (Å²) in [4.78, 5) is 0. The van der Waals surface area contributed by atoms with Gasteiger partial charge in [-0.15, -0.1) is 0 Å². The molecule has 96 valence electrons. The Hall–Kier alpha value is -0.380. The van der Waals surface area contributed by atoms with E-state index in [4.69, 9.17) is 10.5 Å². The summed E-state index contributed by atoms with van der Waals surface area (Å²) in [7, 11) is 0. The average molecular weight is 300 g/mol. The predicted molar refractivity (Wildman–Crippen MR) is 76.0 cm³/mol. The molecular formula is C14H22BrNO. The number of nitrogens with two attached hydrogens (primary N) is 1. The van der Waals surface area contributed by atoms with Crippen LogP contribution < -0.4 is 5.73 Å². The van der Waals surface area contributed by atoms with Crippen LogP contribution in [-0.2, 0) is 4.74 Å². The Bertz CT molecular complexity index is 328. The second kappa shape index (κ2) is 7.85. The maximum Gasteiger partial charge on any atom is 0.0947 e. The molecule has 0 amide bonds. The van der Waals surface area contributed by atoms with E-state index in [0.717, 1.165) is 29.0 Å². The zero-order valence-corrected chi connectivity index (χ0v) is 12.2. The Kier molecular flexibility index (Phi) is 6.78. The lowest BCUT2D eigenvalue weighted by Gasteiger charge is -2.17. The topological polar surface area (TPSA) is 35.2 Å². The minimum atomic E-state index is 0.0136. The van der Waals surface area contributed by atoms with Crippen molar-refractivity contribution in [1.29, 1.82) is 0 Å². The molecule has 0 bridgehead atoms. The fourth-order valence-corrected chi connectivity index (χ4v) is 2.14. The molecule has 1 unspecified atom stereocenters. The standard InChI is InChI=1S/C14H22BrNO/c1-11(2)5-4-8-17-14(10-16)12-6-3-7-13(15)9-12/h3,6-7,9,11,14H,4-5,8,10,16H2,1-2H3. The largest absolute Gasteiger partial charge is 0.372 e. The molecule has 1 aromatic carbocycles. The monoisotopic (exact) mass is 299 g/mol. The van der Waals surface area contributed by atoms with E-state index in [9.17, 15) is 0 Å². The first kappa shape index (κ1) is 14.7. The second-order valence-corrected chi connectivity index (χ2v) is 5.60. The third-order valence-corrected chi connectivity index (χ3v) is 3.17. The number of rotatable bonds is 7. The SMILES string of the molecule is CC(C)CCCOC(CN)c1cccc(Br)c1. The van der Waals surface area contributed by atoms with Crippen molar-refractivity contribution in [3.63, 3.8) is 0 Å². The van der Waals surface area contributed by atoms with Crippen LogP contribution in [0.1, 0.15) is 38.4 Å². The number of hydrogen-bond acceptors (Lipinski definition) is 2. The second-order valence-electron chi connectivity index (χ2n) is 4.69. The van der Waals surface area contributed by atoms with Gasteiger partial charge in [0.2, 0.25) is 0 Å². The molecule has 0 heterocycles. The Morgan fingerprint density at radius 1 is 1.35 bits per heavy atom. The van der Waals surface area contributed by atoms with Crippen LogP contribution in [0.5, 0.6) is 0 Å². The minimum absolute atomic E-state index is 0.0136. The molecule has 3 heteroatoms. The number of hydrogen-bond donors (Lipinski definition) is 1. The fraction of sp³-hybridized carbons (Fsp3) is 0.571. The predicted octanol–water partition coefficient (Wildman–Crippen LogP) is 3.90. The first-order chi connectivity index (χ1) is 8.13. The summed E-state index contributed by atoms with van der Waals surface area (Å²) in [6, 6.07) is 8.15. The molecule has 1 rings (SSSR count). The molecular weight excluding hydrogens is 278 g/mol. The van der Waals surface area contributed by atoms with Crippen LogP contribution in [0, 0.1) is 5.92 Å². The highest BCUT2D eigenvalue weighted by Crippen LogP contribution is 2.20. The van der Waals surface area contributed by atoms with Crippen molar-refractivity contribution in [2.75, 3.05) is 13.2 Å². The molecule has 2 nitrogen and oxygen atoms in total. The van der Waals surface area contributed by atoms with Gasteiger partial charge in [-0.3, -0.25) is 0 Å². The number of halogens is 1. The summed E-state index contributed by atoms with van der Waals surface area (Å²) < 4.78 is 6.91. The van der Waals surface area contributed by atoms with Crippen LogP contribution in [-0.4, -0.2) is 13.2 Å². The van der Waals surface area contributed by atoms with Gasteiger partial charge in [0, 0.05) is 17.6 Å². The first-order valence-electron chi connectivity index (χ1n) is 6.20. The summed E-state index contributed by atoms with van der Waals surface area (Å²) in [6.07, 6.45) is 2.32. The summed E-state index contributed by atoms with van der Waals surface area (Å²) >= 11 is 3.46. The Balaban J connectivity index is 2.43. The molecule has 0 spiro atoms. The van der Waals surface area contributed by atoms with E-state index >= 15 is 0 Å². The van der Waals surface area contributed by atoms with E-state index < -0.39 is 0 Å². The van der Waals surface area contributed by atoms with E-state index in [1.807, 2.05) is 12.1 Å². The van der Waals surface area contributed by atoms with Gasteiger partial charge < -0.3 is 10.5 Å². The highest BCUT2D eigenvalue weighted by atomic mass is 79.9. The molecule has 1 atom stereocenters. The maximum absolute atomic E-state index is 5.84. The zero-order chi connectivity index (χ0) is 12.7. The maximum atomic E-state index is 5.84. The van der Waals surface area contributed by atoms with Crippen molar-refractivity contribution in [1.82, 2.24) is 0 Å². The van der Waals surface area contributed by atoms with Gasteiger partial charge in [0.1, 0.15) is 0 Å². The summed E-state index contributed by atoms with van der Waals surface area (Å²) in [6.45, 7) is 5.77. The van der Waals surface area contributed by atoms with Gasteiger partial charge >= 0.3 is 0 Å². The van der Waals surface area contributed by atoms with Crippen molar-refractivity contribution < 1.29 is 4.74 Å². The van der Waals surface area contributed by atoms with Crippen LogP contribution in [0.4, 0.5) is 0 Å². The highest BCUT2D eigenvalue weighted by molar-refractivity contribution is 9.10. The van der Waals surface area contributed by atoms with E-state index in [1.165, 1.54) is 6.42 Å². The van der Waals surface area contributed by atoms with Crippen molar-refractivity contribution in [2.24, 2.45) is 11.7 Å². The normalized spacial score (nSPS) is 13.0. The van der Waals surface area contributed by atoms with E-state index in [1.54, 1.807) is 0 Å². The Morgan fingerprint density at radius 3 is 2.71 bits per heavy atom. The first-order valence-corrected chi connectivity index (χ1v) is 7.00. The number of benzene rings is 1. The minimum Gasteiger partial charge on any atom is -0.372 e. The molecule has 0 saturated heterocycles. The van der Waals surface area contributed by atoms with Gasteiger partial charge in [-0.25, -0.2) is 0 Å². The van der Waals surface area contributed by atoms with E-state index in [0.29, 0.717) is 6.54 Å². The van der Waals surface area contributed by atoms with Gasteiger partial charge in [-0.1, -0.05) is 41.9 Å². The van der Waals surface area contributed by atoms with Crippen LogP contribution in [0.15, 0.2) is 28.7 Å². The number of ether oxygens (including phenoxy) is 1. The lowest BCUT2D eigenvalue weighted by molar-refractivity contribution is 0.0545. The van der Waals surface area contributed by atoms with Crippen LogP contribution in [0.2, 0.25) is 0 Å². The lowest BCUT2D eigenvalue weighted by Crippen LogP contribution is -2.16. The summed E-state index contributed by atoms with van der Waals surface area (Å²) in [5.74, 6) is 0.737. The molecule has 2 N–H and O–H groups in total. The smallest absolute Gasteiger partial charge is 0.0947 e. The van der Waals surface area contributed by atoms with Crippen molar-refractivity contribution in [3.8, 4) is 0 Å². The lowest BCUT2D eigenvalue weighted by atomic mass is 10.1. The third kappa shape index (κ3) is 5.66. The van der Waals surface area contributed by atoms with E-state index in [2.05, 4.69) is 41.9 Å². The molecule has 0 aliphatic carbocycles. The van der Waals surface area contributed by atoms with Crippen LogP contribution in [0.25, 0.3) is 0 Å². The fourth-order valence-electron chi connectivity index (χ4n) is 1.72. The molecule has 0 saturated carbocycles. The average Bonchev–Trinajstić information content (AvgIpc) is 2.29. The molecule has 1 aromatic rings.